The van der Waals surface area contributed by atoms with Crippen LogP contribution in [0.15, 0.2) is 59.5 Å². The molecule has 7 heteroatoms. The van der Waals surface area contributed by atoms with Gasteiger partial charge in [-0.15, -0.1) is 0 Å². The summed E-state index contributed by atoms with van der Waals surface area (Å²) in [4.78, 5) is 38.9. The van der Waals surface area contributed by atoms with E-state index in [1.54, 1.807) is 35.2 Å². The van der Waals surface area contributed by atoms with Crippen LogP contribution >= 0.6 is 0 Å². The van der Waals surface area contributed by atoms with Crippen molar-refractivity contribution in [3.05, 3.63) is 65.0 Å². The van der Waals surface area contributed by atoms with Crippen LogP contribution in [0.4, 0.5) is 11.4 Å². The Morgan fingerprint density at radius 3 is 2.74 bits per heavy atom. The summed E-state index contributed by atoms with van der Waals surface area (Å²) in [5.41, 5.74) is 1.69. The molecule has 0 saturated heterocycles. The fourth-order valence-electron chi connectivity index (χ4n) is 3.46. The van der Waals surface area contributed by atoms with Crippen LogP contribution in [0.3, 0.4) is 0 Å². The van der Waals surface area contributed by atoms with Crippen molar-refractivity contribution in [2.75, 3.05) is 10.2 Å². The van der Waals surface area contributed by atoms with Gasteiger partial charge in [-0.1, -0.05) is 24.3 Å². The van der Waals surface area contributed by atoms with Crippen molar-refractivity contribution < 1.29 is 9.59 Å². The zero-order chi connectivity index (χ0) is 19.0. The van der Waals surface area contributed by atoms with Crippen molar-refractivity contribution in [3.8, 4) is 0 Å². The summed E-state index contributed by atoms with van der Waals surface area (Å²) in [7, 11) is 0. The first kappa shape index (κ1) is 17.0. The zero-order valence-electron chi connectivity index (χ0n) is 14.8. The molecule has 2 heterocycles. The number of anilines is 2. The number of amides is 2. The first-order valence-corrected chi connectivity index (χ1v) is 8.70. The number of rotatable bonds is 2. The van der Waals surface area contributed by atoms with Crippen molar-refractivity contribution >= 4 is 34.1 Å². The Labute approximate surface area is 155 Å². The Morgan fingerprint density at radius 1 is 1.15 bits per heavy atom. The normalized spacial score (nSPS) is 16.6. The zero-order valence-corrected chi connectivity index (χ0v) is 14.8. The monoisotopic (exact) mass is 362 g/mol. The summed E-state index contributed by atoms with van der Waals surface area (Å²) in [5, 5.41) is 7.49. The van der Waals surface area contributed by atoms with Gasteiger partial charge >= 0.3 is 0 Å². The maximum absolute atomic E-state index is 13.2. The molecule has 0 radical (unpaired) electrons. The fraction of sp³-hybridized carbons (Fsp3) is 0.200. The average molecular weight is 362 g/mol. The van der Waals surface area contributed by atoms with E-state index in [2.05, 4.69) is 10.4 Å². The highest BCUT2D eigenvalue weighted by molar-refractivity contribution is 6.04. The minimum Gasteiger partial charge on any atom is -0.324 e. The molecule has 2 aromatic carbocycles. The summed E-state index contributed by atoms with van der Waals surface area (Å²) in [6.07, 6.45) is 1.43. The van der Waals surface area contributed by atoms with Crippen LogP contribution in [0.5, 0.6) is 0 Å². The number of carbonyl (C=O) groups is 2. The maximum atomic E-state index is 13.2. The SMILES string of the molecule is CC1CC(=O)Nc2ccccc2N1C(=O)Cn1ncc(=O)c2ccccc21. The molecule has 136 valence electrons. The van der Waals surface area contributed by atoms with E-state index in [-0.39, 0.29) is 36.3 Å². The molecule has 0 bridgehead atoms. The van der Waals surface area contributed by atoms with Crippen molar-refractivity contribution in [1.82, 2.24) is 9.78 Å². The molecule has 1 unspecified atom stereocenters. The predicted octanol–water partition coefficient (Wildman–Crippen LogP) is 2.16. The molecule has 0 fully saturated rings. The Bertz CT molecular complexity index is 1110. The molecule has 1 atom stereocenters. The Hall–Kier alpha value is -3.48. The van der Waals surface area contributed by atoms with E-state index in [1.165, 1.54) is 10.9 Å². The third-order valence-corrected chi connectivity index (χ3v) is 4.67. The lowest BCUT2D eigenvalue weighted by molar-refractivity contribution is -0.120. The molecule has 1 aliphatic heterocycles. The number of aromatic nitrogens is 2. The summed E-state index contributed by atoms with van der Waals surface area (Å²) < 4.78 is 1.52. The molecule has 1 aromatic heterocycles. The molecule has 7 nitrogen and oxygen atoms in total. The van der Waals surface area contributed by atoms with Crippen LogP contribution in [0.1, 0.15) is 13.3 Å². The second-order valence-corrected chi connectivity index (χ2v) is 6.57. The van der Waals surface area contributed by atoms with Crippen LogP contribution in [-0.2, 0) is 16.1 Å². The van der Waals surface area contributed by atoms with Crippen molar-refractivity contribution in [2.45, 2.75) is 25.9 Å². The average Bonchev–Trinajstić information content (AvgIpc) is 2.78. The van der Waals surface area contributed by atoms with Crippen LogP contribution in [0.2, 0.25) is 0 Å². The summed E-state index contributed by atoms with van der Waals surface area (Å²) in [6.45, 7) is 1.81. The number of fused-ring (bicyclic) bond motifs is 2. The first-order valence-electron chi connectivity index (χ1n) is 8.70. The quantitative estimate of drug-likeness (QED) is 0.757. The molecule has 1 aliphatic rings. The molecule has 27 heavy (non-hydrogen) atoms. The highest BCUT2D eigenvalue weighted by Crippen LogP contribution is 2.31. The fourth-order valence-corrected chi connectivity index (χ4v) is 3.46. The molecule has 0 saturated carbocycles. The van der Waals surface area contributed by atoms with Gasteiger partial charge < -0.3 is 10.2 Å². The van der Waals surface area contributed by atoms with E-state index in [1.807, 2.05) is 25.1 Å². The van der Waals surface area contributed by atoms with Gasteiger partial charge in [-0.2, -0.15) is 5.10 Å². The minimum atomic E-state index is -0.299. The molecule has 0 aliphatic carbocycles. The number of para-hydroxylation sites is 3. The van der Waals surface area contributed by atoms with E-state index in [9.17, 15) is 14.4 Å². The van der Waals surface area contributed by atoms with Crippen molar-refractivity contribution in [2.24, 2.45) is 0 Å². The predicted molar refractivity (Wildman–Crippen MR) is 103 cm³/mol. The smallest absolute Gasteiger partial charge is 0.249 e. The lowest BCUT2D eigenvalue weighted by atomic mass is 10.1. The van der Waals surface area contributed by atoms with Gasteiger partial charge in [-0.3, -0.25) is 19.1 Å². The molecule has 0 spiro atoms. The number of nitrogens with one attached hydrogen (secondary N) is 1. The van der Waals surface area contributed by atoms with Crippen LogP contribution in [0.25, 0.3) is 10.9 Å². The molecule has 1 N–H and O–H groups in total. The number of hydrogen-bond acceptors (Lipinski definition) is 4. The highest BCUT2D eigenvalue weighted by atomic mass is 16.2. The topological polar surface area (TPSA) is 84.3 Å². The van der Waals surface area contributed by atoms with Gasteiger partial charge in [-0.25, -0.2) is 0 Å². The van der Waals surface area contributed by atoms with E-state index >= 15 is 0 Å². The number of benzene rings is 2. The van der Waals surface area contributed by atoms with Crippen molar-refractivity contribution in [1.29, 1.82) is 0 Å². The summed E-state index contributed by atoms with van der Waals surface area (Å²) in [5.74, 6) is -0.329. The molecular formula is C20H18N4O3. The number of hydrogen-bond donors (Lipinski definition) is 1. The lowest BCUT2D eigenvalue weighted by Gasteiger charge is -2.28. The Balaban J connectivity index is 1.74. The molecule has 2 amide bonds. The summed E-state index contributed by atoms with van der Waals surface area (Å²) in [6, 6.07) is 14.0. The Morgan fingerprint density at radius 2 is 1.89 bits per heavy atom. The number of carbonyl (C=O) groups excluding carboxylic acids is 2. The molecule has 3 aromatic rings. The largest absolute Gasteiger partial charge is 0.324 e. The third-order valence-electron chi connectivity index (χ3n) is 4.67. The van der Waals surface area contributed by atoms with Gasteiger partial charge in [0.15, 0.2) is 0 Å². The van der Waals surface area contributed by atoms with E-state index in [0.717, 1.165) is 0 Å². The van der Waals surface area contributed by atoms with Gasteiger partial charge in [0, 0.05) is 17.8 Å². The molecular weight excluding hydrogens is 344 g/mol. The van der Waals surface area contributed by atoms with Gasteiger partial charge in [0.25, 0.3) is 0 Å². The second-order valence-electron chi connectivity index (χ2n) is 6.57. The first-order chi connectivity index (χ1) is 13.0. The highest BCUT2D eigenvalue weighted by Gasteiger charge is 2.29. The third kappa shape index (κ3) is 3.08. The second kappa shape index (κ2) is 6.68. The molecule has 4 rings (SSSR count). The standard InChI is InChI=1S/C20H18N4O3/c1-13-10-19(26)22-15-7-3-5-9-17(15)24(13)20(27)12-23-16-8-4-2-6-14(16)18(25)11-21-23/h2-9,11,13H,10,12H2,1H3,(H,22,26). The van der Waals surface area contributed by atoms with E-state index in [0.29, 0.717) is 22.3 Å². The van der Waals surface area contributed by atoms with Crippen LogP contribution in [-0.4, -0.2) is 27.6 Å². The maximum Gasteiger partial charge on any atom is 0.249 e. The van der Waals surface area contributed by atoms with Gasteiger partial charge in [0.05, 0.1) is 23.1 Å². The van der Waals surface area contributed by atoms with E-state index < -0.39 is 0 Å². The minimum absolute atomic E-state index is 0.0341. The van der Waals surface area contributed by atoms with Crippen molar-refractivity contribution in [3.63, 3.8) is 0 Å². The van der Waals surface area contributed by atoms with E-state index in [4.69, 9.17) is 0 Å². The van der Waals surface area contributed by atoms with Crippen LogP contribution < -0.4 is 15.6 Å². The number of nitrogens with zero attached hydrogens (tertiary/aromatic N) is 3. The van der Waals surface area contributed by atoms with Gasteiger partial charge in [0.2, 0.25) is 17.2 Å². The van der Waals surface area contributed by atoms with Gasteiger partial charge in [-0.05, 0) is 31.2 Å². The lowest BCUT2D eigenvalue weighted by Crippen LogP contribution is -2.41. The Kier molecular flexibility index (Phi) is 4.19. The summed E-state index contributed by atoms with van der Waals surface area (Å²) >= 11 is 0. The van der Waals surface area contributed by atoms with Crippen LogP contribution in [0, 0.1) is 0 Å². The van der Waals surface area contributed by atoms with Gasteiger partial charge in [0.1, 0.15) is 6.54 Å².